The number of thiazole rings is 1. The van der Waals surface area contributed by atoms with Crippen LogP contribution in [0.3, 0.4) is 0 Å². The molecule has 4 aromatic rings. The number of ether oxygens (including phenoxy) is 2. The Labute approximate surface area is 263 Å². The number of fused-ring (bicyclic) bond motifs is 1. The molecule has 1 aliphatic heterocycles. The molecule has 0 amide bonds. The highest BCUT2D eigenvalue weighted by Gasteiger charge is 2.34. The zero-order valence-electron chi connectivity index (χ0n) is 24.8. The lowest BCUT2D eigenvalue weighted by Crippen LogP contribution is -2.40. The van der Waals surface area contributed by atoms with Crippen LogP contribution in [0.15, 0.2) is 69.6 Å². The van der Waals surface area contributed by atoms with E-state index >= 15 is 0 Å². The first-order chi connectivity index (χ1) is 20.0. The summed E-state index contributed by atoms with van der Waals surface area (Å²) in [4.78, 5) is 32.7. The van der Waals surface area contributed by atoms with Gasteiger partial charge in [0.2, 0.25) is 0 Å². The molecule has 0 unspecified atom stereocenters. The van der Waals surface area contributed by atoms with Crippen LogP contribution in [0.2, 0.25) is 0 Å². The number of nitrogens with zero attached hydrogens (tertiary/aromatic N) is 3. The zero-order valence-corrected chi connectivity index (χ0v) is 27.8. The summed E-state index contributed by atoms with van der Waals surface area (Å²) < 4.78 is 16.8. The summed E-state index contributed by atoms with van der Waals surface area (Å²) in [6.07, 6.45) is 1.62. The first-order valence-electron chi connectivity index (χ1n) is 13.9. The van der Waals surface area contributed by atoms with Gasteiger partial charge in [0, 0.05) is 20.6 Å². The maximum absolute atomic E-state index is 14.1. The first-order valence-corrected chi connectivity index (χ1v) is 15.8. The largest absolute Gasteiger partial charge is 0.494 e. The molecule has 3 heterocycles. The van der Waals surface area contributed by atoms with Crippen molar-refractivity contribution in [2.24, 2.45) is 4.99 Å². The highest BCUT2D eigenvalue weighted by Crippen LogP contribution is 2.32. The van der Waals surface area contributed by atoms with E-state index < -0.39 is 12.0 Å². The van der Waals surface area contributed by atoms with Gasteiger partial charge in [-0.25, -0.2) is 9.79 Å². The number of rotatable bonds is 7. The van der Waals surface area contributed by atoms with Crippen LogP contribution < -0.4 is 19.6 Å². The molecule has 1 aliphatic rings. The van der Waals surface area contributed by atoms with Gasteiger partial charge in [0.15, 0.2) is 4.80 Å². The Morgan fingerprint density at radius 2 is 1.81 bits per heavy atom. The molecule has 0 saturated carbocycles. The summed E-state index contributed by atoms with van der Waals surface area (Å²) >= 11 is 3.69. The van der Waals surface area contributed by atoms with Crippen LogP contribution in [0.4, 0.5) is 0 Å². The standard InChI is InChI=1S/C33H34IN3O4S/c1-8-40-26-13-10-23(11-14-26)30-29(32(39)41-18(2)3)21(6)35-33-37(30)31(38)28(42-33)16-24-15-20(5)36(22(24)7)25-12-9-19(4)27(34)17-25/h9-18,30H,8H2,1-7H3/b28-16+/t30-/m1/s1. The quantitative estimate of drug-likeness (QED) is 0.178. The van der Waals surface area contributed by atoms with Crippen molar-refractivity contribution in [1.29, 1.82) is 0 Å². The number of hydrogen-bond donors (Lipinski definition) is 0. The summed E-state index contributed by atoms with van der Waals surface area (Å²) in [5, 5.41) is 0. The van der Waals surface area contributed by atoms with Crippen LogP contribution >= 0.6 is 33.9 Å². The van der Waals surface area contributed by atoms with Gasteiger partial charge in [-0.05, 0) is 124 Å². The summed E-state index contributed by atoms with van der Waals surface area (Å²) in [5.74, 6) is 0.245. The molecular weight excluding hydrogens is 661 g/mol. The second kappa shape index (κ2) is 12.0. The molecule has 7 nitrogen and oxygen atoms in total. The molecule has 0 radical (unpaired) electrons. The molecule has 0 fully saturated rings. The Morgan fingerprint density at radius 3 is 2.45 bits per heavy atom. The number of carbonyl (C=O) groups excluding carboxylic acids is 1. The molecule has 9 heteroatoms. The third-order valence-corrected chi connectivity index (χ3v) is 9.41. The van der Waals surface area contributed by atoms with Gasteiger partial charge in [-0.3, -0.25) is 9.36 Å². The monoisotopic (exact) mass is 695 g/mol. The summed E-state index contributed by atoms with van der Waals surface area (Å²) in [7, 11) is 0. The zero-order chi connectivity index (χ0) is 30.3. The number of aromatic nitrogens is 2. The van der Waals surface area contributed by atoms with Crippen molar-refractivity contribution in [3.05, 3.63) is 111 Å². The molecule has 0 aliphatic carbocycles. The minimum absolute atomic E-state index is 0.199. The van der Waals surface area contributed by atoms with Gasteiger partial charge in [-0.1, -0.05) is 29.5 Å². The number of aryl methyl sites for hydroxylation is 2. The van der Waals surface area contributed by atoms with E-state index in [-0.39, 0.29) is 11.7 Å². The fourth-order valence-corrected chi connectivity index (χ4v) is 6.82. The molecule has 0 spiro atoms. The third-order valence-electron chi connectivity index (χ3n) is 7.26. The van der Waals surface area contributed by atoms with Crippen molar-refractivity contribution >= 4 is 46.0 Å². The highest BCUT2D eigenvalue weighted by atomic mass is 127. The molecule has 218 valence electrons. The van der Waals surface area contributed by atoms with Gasteiger partial charge in [0.25, 0.3) is 5.56 Å². The molecule has 1 atom stereocenters. The number of esters is 1. The van der Waals surface area contributed by atoms with E-state index in [0.717, 1.165) is 34.0 Å². The van der Waals surface area contributed by atoms with Crippen molar-refractivity contribution < 1.29 is 14.3 Å². The Bertz CT molecular complexity index is 1890. The molecule has 2 aromatic heterocycles. The summed E-state index contributed by atoms with van der Waals surface area (Å²) in [6, 6.07) is 15.3. The molecular formula is C33H34IN3O4S. The lowest BCUT2D eigenvalue weighted by Gasteiger charge is -2.25. The van der Waals surface area contributed by atoms with Gasteiger partial charge in [-0.15, -0.1) is 0 Å². The van der Waals surface area contributed by atoms with Crippen LogP contribution in [0.1, 0.15) is 61.8 Å². The van der Waals surface area contributed by atoms with E-state index in [1.165, 1.54) is 20.5 Å². The average molecular weight is 696 g/mol. The van der Waals surface area contributed by atoms with Gasteiger partial charge in [-0.2, -0.15) is 0 Å². The topological polar surface area (TPSA) is 74.8 Å². The minimum atomic E-state index is -0.674. The second-order valence-electron chi connectivity index (χ2n) is 10.6. The number of carbonyl (C=O) groups is 1. The SMILES string of the molecule is CCOc1ccc([C@@H]2C(C(=O)OC(C)C)=C(C)N=c3s/c(=C/c4cc(C)n(-c5ccc(C)c(I)c5)c4C)c(=O)n32)cc1. The van der Waals surface area contributed by atoms with Gasteiger partial charge in [0.1, 0.15) is 5.75 Å². The lowest BCUT2D eigenvalue weighted by molar-refractivity contribution is -0.143. The maximum atomic E-state index is 14.1. The van der Waals surface area contributed by atoms with Crippen LogP contribution in [0.25, 0.3) is 11.8 Å². The Balaban J connectivity index is 1.66. The van der Waals surface area contributed by atoms with Crippen LogP contribution in [0.5, 0.6) is 5.75 Å². The van der Waals surface area contributed by atoms with E-state index in [9.17, 15) is 9.59 Å². The molecule has 0 bridgehead atoms. The Hall–Kier alpha value is -3.44. The predicted molar refractivity (Wildman–Crippen MR) is 175 cm³/mol. The molecule has 2 aromatic carbocycles. The third kappa shape index (κ3) is 5.64. The van der Waals surface area contributed by atoms with E-state index in [1.54, 1.807) is 11.5 Å². The molecule has 0 saturated heterocycles. The van der Waals surface area contributed by atoms with E-state index in [4.69, 9.17) is 14.5 Å². The highest BCUT2D eigenvalue weighted by molar-refractivity contribution is 14.1. The van der Waals surface area contributed by atoms with Crippen molar-refractivity contribution in [2.75, 3.05) is 6.61 Å². The van der Waals surface area contributed by atoms with Crippen molar-refractivity contribution in [3.8, 4) is 11.4 Å². The van der Waals surface area contributed by atoms with E-state index in [2.05, 4.69) is 72.2 Å². The summed E-state index contributed by atoms with van der Waals surface area (Å²) in [6.45, 7) is 14.1. The van der Waals surface area contributed by atoms with Crippen LogP contribution in [0, 0.1) is 24.3 Å². The van der Waals surface area contributed by atoms with E-state index in [1.807, 2.05) is 51.1 Å². The van der Waals surface area contributed by atoms with Crippen molar-refractivity contribution in [3.63, 3.8) is 0 Å². The Morgan fingerprint density at radius 1 is 1.10 bits per heavy atom. The van der Waals surface area contributed by atoms with Crippen molar-refractivity contribution in [2.45, 2.75) is 60.6 Å². The number of halogens is 1. The van der Waals surface area contributed by atoms with Gasteiger partial charge >= 0.3 is 5.97 Å². The van der Waals surface area contributed by atoms with Crippen LogP contribution in [-0.2, 0) is 9.53 Å². The summed E-state index contributed by atoms with van der Waals surface area (Å²) in [5.41, 5.74) is 6.88. The minimum Gasteiger partial charge on any atom is -0.494 e. The fourth-order valence-electron chi connectivity index (χ4n) is 5.28. The van der Waals surface area contributed by atoms with Crippen molar-refractivity contribution in [1.82, 2.24) is 9.13 Å². The van der Waals surface area contributed by atoms with Crippen LogP contribution in [-0.4, -0.2) is 27.8 Å². The molecule has 0 N–H and O–H groups in total. The normalized spacial score (nSPS) is 15.2. The number of benzene rings is 2. The van der Waals surface area contributed by atoms with Gasteiger partial charge in [0.05, 0.1) is 34.6 Å². The van der Waals surface area contributed by atoms with E-state index in [0.29, 0.717) is 27.2 Å². The smallest absolute Gasteiger partial charge is 0.338 e. The molecule has 42 heavy (non-hydrogen) atoms. The predicted octanol–water partition coefficient (Wildman–Crippen LogP) is 5.91. The second-order valence-corrected chi connectivity index (χ2v) is 12.8. The van der Waals surface area contributed by atoms with Gasteiger partial charge < -0.3 is 14.0 Å². The number of hydrogen-bond acceptors (Lipinski definition) is 6. The fraction of sp³-hybridized carbons (Fsp3) is 0.303. The lowest BCUT2D eigenvalue weighted by atomic mass is 9.96. The first kappa shape index (κ1) is 30.0. The number of allylic oxidation sites excluding steroid dienone is 1. The average Bonchev–Trinajstić information content (AvgIpc) is 3.39. The molecule has 5 rings (SSSR count). The maximum Gasteiger partial charge on any atom is 0.338 e. The Kier molecular flexibility index (Phi) is 8.61.